The van der Waals surface area contributed by atoms with Crippen molar-refractivity contribution in [3.63, 3.8) is 0 Å². The molecule has 2 rings (SSSR count). The molecule has 1 aromatic rings. The summed E-state index contributed by atoms with van der Waals surface area (Å²) < 4.78 is 0. The zero-order chi connectivity index (χ0) is 14.0. The molecule has 1 N–H and O–H groups in total. The standard InChI is InChI=1S/C14H23N3OS/c1-9(2)14-16-10(3)12(19-14)13(18)15-7-8-17(4)11-5-6-11/h9,11H,5-8H2,1-4H3,(H,15,18). The minimum Gasteiger partial charge on any atom is -0.350 e. The molecule has 1 amide bonds. The highest BCUT2D eigenvalue weighted by molar-refractivity contribution is 7.13. The number of aryl methyl sites for hydroxylation is 1. The molecular weight excluding hydrogens is 258 g/mol. The number of aromatic nitrogens is 1. The maximum absolute atomic E-state index is 12.1. The van der Waals surface area contributed by atoms with Gasteiger partial charge in [0.15, 0.2) is 0 Å². The van der Waals surface area contributed by atoms with Crippen molar-refractivity contribution in [3.05, 3.63) is 15.6 Å². The molecular formula is C14H23N3OS. The summed E-state index contributed by atoms with van der Waals surface area (Å²) in [6, 6.07) is 0.745. The molecule has 1 fully saturated rings. The molecule has 1 aromatic heterocycles. The largest absolute Gasteiger partial charge is 0.350 e. The quantitative estimate of drug-likeness (QED) is 0.871. The van der Waals surface area contributed by atoms with Crippen molar-refractivity contribution in [2.24, 2.45) is 0 Å². The lowest BCUT2D eigenvalue weighted by molar-refractivity contribution is 0.0952. The van der Waals surface area contributed by atoms with E-state index in [1.54, 1.807) is 0 Å². The number of nitrogens with one attached hydrogen (secondary N) is 1. The summed E-state index contributed by atoms with van der Waals surface area (Å²) in [4.78, 5) is 19.6. The van der Waals surface area contributed by atoms with Gasteiger partial charge in [-0.05, 0) is 26.8 Å². The number of thiazole rings is 1. The van der Waals surface area contributed by atoms with Crippen LogP contribution in [0.25, 0.3) is 0 Å². The van der Waals surface area contributed by atoms with Gasteiger partial charge in [0.2, 0.25) is 0 Å². The fraction of sp³-hybridized carbons (Fsp3) is 0.714. The van der Waals surface area contributed by atoms with Gasteiger partial charge < -0.3 is 10.2 Å². The van der Waals surface area contributed by atoms with Gasteiger partial charge in [0, 0.05) is 25.0 Å². The van der Waals surface area contributed by atoms with Crippen LogP contribution in [0.3, 0.4) is 0 Å². The lowest BCUT2D eigenvalue weighted by Crippen LogP contribution is -2.33. The van der Waals surface area contributed by atoms with Crippen LogP contribution in [0.15, 0.2) is 0 Å². The topological polar surface area (TPSA) is 45.2 Å². The van der Waals surface area contributed by atoms with Crippen molar-refractivity contribution < 1.29 is 4.79 Å². The smallest absolute Gasteiger partial charge is 0.263 e. The minimum absolute atomic E-state index is 0.0195. The normalized spacial score (nSPS) is 15.3. The van der Waals surface area contributed by atoms with Crippen molar-refractivity contribution in [3.8, 4) is 0 Å². The second-order valence-corrected chi connectivity index (χ2v) is 6.62. The highest BCUT2D eigenvalue weighted by Gasteiger charge is 2.25. The Kier molecular flexibility index (Phi) is 4.58. The van der Waals surface area contributed by atoms with E-state index in [0.29, 0.717) is 12.5 Å². The number of rotatable bonds is 6. The molecule has 0 atom stereocenters. The van der Waals surface area contributed by atoms with E-state index in [0.717, 1.165) is 28.2 Å². The van der Waals surface area contributed by atoms with Crippen LogP contribution in [0, 0.1) is 6.92 Å². The molecule has 1 heterocycles. The Hall–Kier alpha value is -0.940. The number of amides is 1. The lowest BCUT2D eigenvalue weighted by atomic mass is 10.2. The van der Waals surface area contributed by atoms with E-state index >= 15 is 0 Å². The molecule has 1 aliphatic carbocycles. The predicted molar refractivity (Wildman–Crippen MR) is 78.9 cm³/mol. The second-order valence-electron chi connectivity index (χ2n) is 5.59. The Morgan fingerprint density at radius 3 is 2.74 bits per heavy atom. The maximum Gasteiger partial charge on any atom is 0.263 e. The van der Waals surface area contributed by atoms with E-state index in [1.807, 2.05) is 6.92 Å². The molecule has 0 bridgehead atoms. The SMILES string of the molecule is Cc1nc(C(C)C)sc1C(=O)NCCN(C)C1CC1. The molecule has 1 saturated carbocycles. The van der Waals surface area contributed by atoms with Crippen LogP contribution in [0.2, 0.25) is 0 Å². The number of carbonyl (C=O) groups excluding carboxylic acids is 1. The van der Waals surface area contributed by atoms with Crippen LogP contribution in [0.1, 0.15) is 53.0 Å². The van der Waals surface area contributed by atoms with Gasteiger partial charge in [0.25, 0.3) is 5.91 Å². The zero-order valence-electron chi connectivity index (χ0n) is 12.2. The summed E-state index contributed by atoms with van der Waals surface area (Å²) in [6.07, 6.45) is 2.60. The summed E-state index contributed by atoms with van der Waals surface area (Å²) >= 11 is 1.52. The van der Waals surface area contributed by atoms with Crippen molar-refractivity contribution in [1.29, 1.82) is 0 Å². The highest BCUT2D eigenvalue weighted by atomic mass is 32.1. The first-order chi connectivity index (χ1) is 8.99. The molecule has 4 nitrogen and oxygen atoms in total. The van der Waals surface area contributed by atoms with E-state index in [-0.39, 0.29) is 5.91 Å². The van der Waals surface area contributed by atoms with E-state index in [1.165, 1.54) is 24.2 Å². The number of carbonyl (C=O) groups is 1. The van der Waals surface area contributed by atoms with Gasteiger partial charge >= 0.3 is 0 Å². The summed E-state index contributed by atoms with van der Waals surface area (Å²) in [5.41, 5.74) is 0.849. The van der Waals surface area contributed by atoms with E-state index in [4.69, 9.17) is 0 Å². The van der Waals surface area contributed by atoms with Gasteiger partial charge in [-0.2, -0.15) is 0 Å². The Morgan fingerprint density at radius 2 is 2.21 bits per heavy atom. The molecule has 5 heteroatoms. The third-order valence-corrected chi connectivity index (χ3v) is 4.89. The molecule has 0 spiro atoms. The van der Waals surface area contributed by atoms with Gasteiger partial charge in [0.05, 0.1) is 10.7 Å². The first-order valence-corrected chi connectivity index (χ1v) is 7.76. The predicted octanol–water partition coefficient (Wildman–Crippen LogP) is 2.40. The molecule has 1 aliphatic rings. The number of hydrogen-bond donors (Lipinski definition) is 1. The van der Waals surface area contributed by atoms with Crippen molar-refractivity contribution in [2.75, 3.05) is 20.1 Å². The van der Waals surface area contributed by atoms with Gasteiger partial charge in [-0.1, -0.05) is 13.8 Å². The molecule has 0 radical (unpaired) electrons. The van der Waals surface area contributed by atoms with Crippen molar-refractivity contribution >= 4 is 17.2 Å². The van der Waals surface area contributed by atoms with Crippen molar-refractivity contribution in [2.45, 2.75) is 45.6 Å². The fourth-order valence-corrected chi connectivity index (χ4v) is 2.98. The molecule has 0 saturated heterocycles. The Morgan fingerprint density at radius 1 is 1.53 bits per heavy atom. The number of likely N-dealkylation sites (N-methyl/N-ethyl adjacent to an activating group) is 1. The molecule has 0 aromatic carbocycles. The second kappa shape index (κ2) is 6.01. The Balaban J connectivity index is 1.85. The van der Waals surface area contributed by atoms with E-state index in [9.17, 15) is 4.79 Å². The average molecular weight is 281 g/mol. The van der Waals surface area contributed by atoms with E-state index < -0.39 is 0 Å². The van der Waals surface area contributed by atoms with Crippen LogP contribution >= 0.6 is 11.3 Å². The lowest BCUT2D eigenvalue weighted by Gasteiger charge is -2.15. The summed E-state index contributed by atoms with van der Waals surface area (Å²) in [5.74, 6) is 0.400. The van der Waals surface area contributed by atoms with Crippen molar-refractivity contribution in [1.82, 2.24) is 15.2 Å². The monoisotopic (exact) mass is 281 g/mol. The number of nitrogens with zero attached hydrogens (tertiary/aromatic N) is 2. The summed E-state index contributed by atoms with van der Waals surface area (Å²) in [6.45, 7) is 7.74. The summed E-state index contributed by atoms with van der Waals surface area (Å²) in [7, 11) is 2.12. The van der Waals surface area contributed by atoms with E-state index in [2.05, 4.69) is 36.1 Å². The van der Waals surface area contributed by atoms with Crippen LogP contribution in [0.5, 0.6) is 0 Å². The van der Waals surface area contributed by atoms with Gasteiger partial charge in [-0.15, -0.1) is 11.3 Å². The van der Waals surface area contributed by atoms with Crippen LogP contribution in [0.4, 0.5) is 0 Å². The third kappa shape index (κ3) is 3.76. The van der Waals surface area contributed by atoms with Gasteiger partial charge in [-0.3, -0.25) is 4.79 Å². The van der Waals surface area contributed by atoms with Gasteiger partial charge in [0.1, 0.15) is 4.88 Å². The zero-order valence-corrected chi connectivity index (χ0v) is 13.0. The molecule has 106 valence electrons. The average Bonchev–Trinajstić information content (AvgIpc) is 3.12. The Bertz CT molecular complexity index is 452. The molecule has 0 aliphatic heterocycles. The first-order valence-electron chi connectivity index (χ1n) is 6.94. The Labute approximate surface area is 119 Å². The minimum atomic E-state index is 0.0195. The van der Waals surface area contributed by atoms with Gasteiger partial charge in [-0.25, -0.2) is 4.98 Å². The molecule has 0 unspecified atom stereocenters. The van der Waals surface area contributed by atoms with Crippen LogP contribution in [-0.4, -0.2) is 42.0 Å². The highest BCUT2D eigenvalue weighted by Crippen LogP contribution is 2.25. The summed E-state index contributed by atoms with van der Waals surface area (Å²) in [5, 5.41) is 4.03. The maximum atomic E-state index is 12.1. The molecule has 19 heavy (non-hydrogen) atoms. The third-order valence-electron chi connectivity index (χ3n) is 3.43. The number of hydrogen-bond acceptors (Lipinski definition) is 4. The fourth-order valence-electron chi connectivity index (χ4n) is 2.00. The van der Waals surface area contributed by atoms with Crippen LogP contribution < -0.4 is 5.32 Å². The first kappa shape index (κ1) is 14.5. The van der Waals surface area contributed by atoms with Crippen LogP contribution in [-0.2, 0) is 0 Å².